The molecule has 0 fully saturated rings. The topological polar surface area (TPSA) is 80.3 Å². The van der Waals surface area contributed by atoms with Gasteiger partial charge in [0, 0.05) is 11.5 Å². The van der Waals surface area contributed by atoms with Gasteiger partial charge in [0.2, 0.25) is 0 Å². The number of hydrogen-bond acceptors (Lipinski definition) is 6. The Hall–Kier alpha value is 0.439. The van der Waals surface area contributed by atoms with Crippen LogP contribution in [0.15, 0.2) is 0 Å². The first-order chi connectivity index (χ1) is 14.0. The van der Waals surface area contributed by atoms with Crippen LogP contribution >= 0.6 is 23.5 Å². The molecule has 0 bridgehead atoms. The minimum Gasteiger partial charge on any atom is -0.549 e. The van der Waals surface area contributed by atoms with Gasteiger partial charge in [-0.2, -0.15) is 23.5 Å². The first-order valence-electron chi connectivity index (χ1n) is 11.0. The van der Waals surface area contributed by atoms with E-state index in [1.807, 2.05) is 0 Å². The van der Waals surface area contributed by atoms with E-state index in [-0.39, 0.29) is 32.6 Å². The third-order valence-electron chi connectivity index (χ3n) is 3.94. The first-order valence-corrected chi connectivity index (χ1v) is 17.9. The minimum absolute atomic E-state index is 0.0736. The summed E-state index contributed by atoms with van der Waals surface area (Å²) in [7, 11) is 0. The molecule has 0 aliphatic rings. The van der Waals surface area contributed by atoms with Gasteiger partial charge in [-0.15, -0.1) is 0 Å². The molecule has 0 unspecified atom stereocenters. The molecule has 0 heterocycles. The van der Waals surface area contributed by atoms with Crippen molar-refractivity contribution in [2.24, 2.45) is 0 Å². The van der Waals surface area contributed by atoms with Crippen molar-refractivity contribution in [2.45, 2.75) is 99.8 Å². The van der Waals surface area contributed by atoms with Gasteiger partial charge in [-0.3, -0.25) is 0 Å². The van der Waals surface area contributed by atoms with E-state index in [9.17, 15) is 19.8 Å². The average Bonchev–Trinajstić information content (AvgIpc) is 2.66. The summed E-state index contributed by atoms with van der Waals surface area (Å²) in [6.07, 6.45) is 21.3. The van der Waals surface area contributed by atoms with Crippen LogP contribution < -0.4 is 10.2 Å². The molecule has 4 nitrogen and oxygen atoms in total. The summed E-state index contributed by atoms with van der Waals surface area (Å²) in [5, 5.41) is 18.9. The molecule has 0 radical (unpaired) electrons. The molecular weight excluding hydrogens is 511 g/mol. The third-order valence-corrected chi connectivity index (χ3v) is 9.02. The van der Waals surface area contributed by atoms with Crippen LogP contribution in [0.5, 0.6) is 0 Å². The monoisotopic (exact) mass is 556 g/mol. The summed E-state index contributed by atoms with van der Waals surface area (Å²) >= 11 is 2.57. The summed E-state index contributed by atoms with van der Waals surface area (Å²) in [4.78, 5) is 18.9. The Bertz CT molecular complexity index is 302. The molecule has 0 aliphatic heterocycles. The molecule has 0 rings (SSSR count). The number of rotatable bonds is 18. The van der Waals surface area contributed by atoms with Crippen molar-refractivity contribution in [1.29, 1.82) is 0 Å². The number of aliphatic carboxylic acids is 2. The number of unbranched alkanes of at least 4 members (excludes halogenated alkanes) is 10. The standard InChI is InChI=1S/2C8H17.2C3H6O2S.Sn/c2*1-3-5-7-8-6-4-2;2*1-6-2-3(4)5;/h2*1,3-8H2,2H3;2*2H2,1H3,(H,4,5);/q;;;;+2/p-2. The van der Waals surface area contributed by atoms with Crippen molar-refractivity contribution in [2.75, 3.05) is 24.0 Å². The van der Waals surface area contributed by atoms with Gasteiger partial charge in [-0.1, -0.05) is 0 Å². The maximum atomic E-state index is 9.47. The fourth-order valence-electron chi connectivity index (χ4n) is 2.42. The molecule has 0 aromatic heterocycles. The molecule has 0 aromatic rings. The van der Waals surface area contributed by atoms with Gasteiger partial charge in [-0.25, -0.2) is 0 Å². The predicted octanol–water partition coefficient (Wildman–Crippen LogP) is 4.45. The molecule has 0 aromatic carbocycles. The quantitative estimate of drug-likeness (QED) is 0.184. The molecule has 7 heteroatoms. The molecule has 0 N–H and O–H groups in total. The maximum absolute atomic E-state index is 9.47. The first kappa shape index (κ1) is 34.1. The van der Waals surface area contributed by atoms with Gasteiger partial charge in [0.25, 0.3) is 0 Å². The number of carboxylic acids is 2. The van der Waals surface area contributed by atoms with Crippen LogP contribution in [0.1, 0.15) is 90.9 Å². The number of carboxylic acid groups (broad SMARTS) is 2. The molecule has 29 heavy (non-hydrogen) atoms. The van der Waals surface area contributed by atoms with Crippen LogP contribution in [0, 0.1) is 0 Å². The zero-order valence-electron chi connectivity index (χ0n) is 19.3. The zero-order valence-corrected chi connectivity index (χ0v) is 23.8. The van der Waals surface area contributed by atoms with Gasteiger partial charge < -0.3 is 19.8 Å². The van der Waals surface area contributed by atoms with E-state index in [1.165, 1.54) is 87.7 Å². The zero-order chi connectivity index (χ0) is 22.6. The van der Waals surface area contributed by atoms with Crippen molar-refractivity contribution in [3.8, 4) is 0 Å². The fourth-order valence-corrected chi connectivity index (χ4v) is 6.46. The van der Waals surface area contributed by atoms with E-state index in [0.29, 0.717) is 0 Å². The van der Waals surface area contributed by atoms with Gasteiger partial charge >= 0.3 is 121 Å². The van der Waals surface area contributed by atoms with Crippen molar-refractivity contribution >= 4 is 56.6 Å². The number of thioether (sulfide) groups is 2. The Morgan fingerprint density at radius 2 is 0.931 bits per heavy atom. The van der Waals surface area contributed by atoms with Gasteiger partial charge in [-0.05, 0) is 12.5 Å². The molecule has 0 spiro atoms. The average molecular weight is 555 g/mol. The Morgan fingerprint density at radius 1 is 0.621 bits per heavy atom. The summed E-state index contributed by atoms with van der Waals surface area (Å²) in [5.41, 5.74) is 0. The van der Waals surface area contributed by atoms with Gasteiger partial charge in [0.15, 0.2) is 0 Å². The predicted molar refractivity (Wildman–Crippen MR) is 129 cm³/mol. The van der Waals surface area contributed by atoms with E-state index in [0.717, 1.165) is 0 Å². The van der Waals surface area contributed by atoms with Crippen LogP contribution in [0.25, 0.3) is 0 Å². The second-order valence-corrected chi connectivity index (χ2v) is 12.9. The van der Waals surface area contributed by atoms with E-state index < -0.39 is 11.9 Å². The second-order valence-electron chi connectivity index (χ2n) is 6.90. The molecule has 0 atom stereocenters. The summed E-state index contributed by atoms with van der Waals surface area (Å²) in [5.74, 6) is -1.80. The normalized spacial score (nSPS) is 9.52. The van der Waals surface area contributed by atoms with Gasteiger partial charge in [0.1, 0.15) is 0 Å². The Morgan fingerprint density at radius 3 is 1.17 bits per heavy atom. The number of carbonyl (C=O) groups excluding carboxylic acids is 2. The van der Waals surface area contributed by atoms with Crippen LogP contribution in [0.2, 0.25) is 8.87 Å². The number of hydrogen-bond donors (Lipinski definition) is 0. The van der Waals surface area contributed by atoms with E-state index in [2.05, 4.69) is 13.8 Å². The molecule has 0 saturated heterocycles. The molecule has 0 aliphatic carbocycles. The van der Waals surface area contributed by atoms with E-state index in [4.69, 9.17) is 0 Å². The van der Waals surface area contributed by atoms with Crippen LogP contribution in [-0.2, 0) is 9.59 Å². The van der Waals surface area contributed by atoms with Gasteiger partial charge in [0.05, 0.1) is 11.9 Å². The molecule has 0 saturated carbocycles. The van der Waals surface area contributed by atoms with Crippen molar-refractivity contribution in [3.63, 3.8) is 0 Å². The van der Waals surface area contributed by atoms with Crippen molar-refractivity contribution in [3.05, 3.63) is 0 Å². The fraction of sp³-hybridized carbons (Fsp3) is 0.909. The summed E-state index contributed by atoms with van der Waals surface area (Å²) < 4.78 is 3.31. The maximum Gasteiger partial charge on any atom is 0.0513 e. The van der Waals surface area contributed by atoms with Crippen molar-refractivity contribution < 1.29 is 19.8 Å². The van der Waals surface area contributed by atoms with Crippen molar-refractivity contribution in [1.82, 2.24) is 0 Å². The largest absolute Gasteiger partial charge is 0.549 e. The van der Waals surface area contributed by atoms with Crippen LogP contribution in [-0.4, -0.2) is 57.1 Å². The number of carbonyl (C=O) groups is 2. The third kappa shape index (κ3) is 47.6. The molecular formula is C22H44O4S2Sn. The Labute approximate surface area is 199 Å². The molecule has 0 amide bonds. The van der Waals surface area contributed by atoms with Crippen LogP contribution in [0.3, 0.4) is 0 Å². The molecule has 172 valence electrons. The summed E-state index contributed by atoms with van der Waals surface area (Å²) in [6, 6.07) is 0. The Kier molecular flexibility index (Phi) is 38.9. The van der Waals surface area contributed by atoms with Crippen LogP contribution in [0.4, 0.5) is 0 Å². The second kappa shape index (κ2) is 33.1. The Balaban J connectivity index is -0.000000460. The SMILES string of the molecule is CCCCCCC[CH2][Sn+2][CH2]CCCCCCC.CSCC(=O)[O-].CSCC(=O)[O-]. The minimum atomic E-state index is -0.998. The summed E-state index contributed by atoms with van der Waals surface area (Å²) in [6.45, 7) is 4.60. The van der Waals surface area contributed by atoms with E-state index >= 15 is 0 Å². The smallest absolute Gasteiger partial charge is 0.0513 e. The van der Waals surface area contributed by atoms with E-state index in [1.54, 1.807) is 34.2 Å².